The molecule has 0 bridgehead atoms. The molecule has 18 heavy (non-hydrogen) atoms. The van der Waals surface area contributed by atoms with Crippen LogP contribution in [-0.4, -0.2) is 34.5 Å². The van der Waals surface area contributed by atoms with E-state index in [2.05, 4.69) is 59.3 Å². The third-order valence-corrected chi connectivity index (χ3v) is 15.8. The second-order valence-electron chi connectivity index (χ2n) is 6.83. The van der Waals surface area contributed by atoms with Crippen LogP contribution in [0.4, 0.5) is 0 Å². The van der Waals surface area contributed by atoms with Crippen LogP contribution in [0.2, 0.25) is 58.4 Å². The standard InChI is InChI=1S/C11H32O3Si4/c1-10-11-15(2)12-17(6,7)14-18(8,9)13-16(3,4)5/h15H,10-11H2,1-9H3. The molecule has 3 nitrogen and oxygen atoms in total. The first-order chi connectivity index (χ1) is 7.87. The van der Waals surface area contributed by atoms with E-state index in [0.29, 0.717) is 0 Å². The molecule has 0 aliphatic heterocycles. The third-order valence-electron chi connectivity index (χ3n) is 2.22. The molecule has 7 heteroatoms. The lowest BCUT2D eigenvalue weighted by molar-refractivity contribution is 0.334. The second-order valence-corrected chi connectivity index (χ2v) is 21.4. The molecule has 0 heterocycles. The molecule has 110 valence electrons. The maximum atomic E-state index is 6.32. The van der Waals surface area contributed by atoms with Crippen LogP contribution in [0.1, 0.15) is 13.3 Å². The van der Waals surface area contributed by atoms with Crippen LogP contribution in [-0.2, 0) is 12.3 Å². The summed E-state index contributed by atoms with van der Waals surface area (Å²) >= 11 is 0. The Labute approximate surface area is 119 Å². The fourth-order valence-electron chi connectivity index (χ4n) is 2.32. The zero-order chi connectivity index (χ0) is 14.6. The maximum Gasteiger partial charge on any atom is 0.312 e. The molecule has 0 fully saturated rings. The first-order valence-corrected chi connectivity index (χ1v) is 18.4. The molecule has 0 aromatic rings. The molecule has 0 saturated carbocycles. The van der Waals surface area contributed by atoms with E-state index in [1.165, 1.54) is 12.5 Å². The Morgan fingerprint density at radius 1 is 0.833 bits per heavy atom. The summed E-state index contributed by atoms with van der Waals surface area (Å²) in [6.45, 7) is 19.8. The van der Waals surface area contributed by atoms with Gasteiger partial charge in [0, 0.05) is 0 Å². The van der Waals surface area contributed by atoms with Gasteiger partial charge in [-0.1, -0.05) is 13.3 Å². The summed E-state index contributed by atoms with van der Waals surface area (Å²) in [5.74, 6) is 0. The lowest BCUT2D eigenvalue weighted by atomic mass is 10.6. The Bertz CT molecular complexity index is 251. The first kappa shape index (κ1) is 18.7. The zero-order valence-electron chi connectivity index (χ0n) is 13.7. The molecule has 0 N–H and O–H groups in total. The lowest BCUT2D eigenvalue weighted by Crippen LogP contribution is -2.53. The van der Waals surface area contributed by atoms with E-state index >= 15 is 0 Å². The van der Waals surface area contributed by atoms with E-state index < -0.39 is 34.5 Å². The van der Waals surface area contributed by atoms with Gasteiger partial charge >= 0.3 is 17.1 Å². The molecule has 1 unspecified atom stereocenters. The number of hydrogen-bond donors (Lipinski definition) is 0. The molecule has 0 amide bonds. The second kappa shape index (κ2) is 6.96. The maximum absolute atomic E-state index is 6.32. The van der Waals surface area contributed by atoms with Gasteiger partial charge in [0.2, 0.25) is 0 Å². The summed E-state index contributed by atoms with van der Waals surface area (Å²) in [7, 11) is -6.65. The smallest absolute Gasteiger partial charge is 0.312 e. The fourth-order valence-corrected chi connectivity index (χ4v) is 19.3. The van der Waals surface area contributed by atoms with E-state index in [9.17, 15) is 0 Å². The number of rotatable bonds is 8. The summed E-state index contributed by atoms with van der Waals surface area (Å²) in [6, 6.07) is 1.23. The summed E-state index contributed by atoms with van der Waals surface area (Å²) < 4.78 is 18.8. The monoisotopic (exact) mass is 324 g/mol. The first-order valence-electron chi connectivity index (χ1n) is 6.95. The molecule has 1 atom stereocenters. The predicted molar refractivity (Wildman–Crippen MR) is 89.7 cm³/mol. The van der Waals surface area contributed by atoms with Crippen LogP contribution in [0.5, 0.6) is 0 Å². The third kappa shape index (κ3) is 9.65. The van der Waals surface area contributed by atoms with E-state index in [-0.39, 0.29) is 0 Å². The quantitative estimate of drug-likeness (QED) is 0.631. The molecule has 0 spiro atoms. The highest BCUT2D eigenvalue weighted by atomic mass is 28.5. The van der Waals surface area contributed by atoms with Crippen LogP contribution in [0.25, 0.3) is 0 Å². The fraction of sp³-hybridized carbons (Fsp3) is 1.00. The summed E-state index contributed by atoms with van der Waals surface area (Å²) in [4.78, 5) is 0. The van der Waals surface area contributed by atoms with Gasteiger partial charge in [-0.05, 0) is 58.4 Å². The predicted octanol–water partition coefficient (Wildman–Crippen LogP) is 4.04. The van der Waals surface area contributed by atoms with Gasteiger partial charge in [0.1, 0.15) is 0 Å². The average Bonchev–Trinajstić information content (AvgIpc) is 1.93. The minimum Gasteiger partial charge on any atom is -0.439 e. The molecule has 0 radical (unpaired) electrons. The van der Waals surface area contributed by atoms with Crippen molar-refractivity contribution in [2.45, 2.75) is 71.8 Å². The zero-order valence-corrected chi connectivity index (χ0v) is 17.9. The molecule has 0 aliphatic carbocycles. The van der Waals surface area contributed by atoms with Crippen molar-refractivity contribution in [3.63, 3.8) is 0 Å². The Morgan fingerprint density at radius 2 is 1.33 bits per heavy atom. The van der Waals surface area contributed by atoms with Crippen molar-refractivity contribution in [3.8, 4) is 0 Å². The Hall–Kier alpha value is 0.748. The van der Waals surface area contributed by atoms with Crippen molar-refractivity contribution in [1.82, 2.24) is 0 Å². The van der Waals surface area contributed by atoms with Crippen molar-refractivity contribution in [2.75, 3.05) is 0 Å². The highest BCUT2D eigenvalue weighted by molar-refractivity contribution is 6.87. The van der Waals surface area contributed by atoms with Crippen molar-refractivity contribution in [1.29, 1.82) is 0 Å². The van der Waals surface area contributed by atoms with Crippen LogP contribution < -0.4 is 0 Å². The highest BCUT2D eigenvalue weighted by Gasteiger charge is 2.39. The minimum atomic E-state index is -2.04. The summed E-state index contributed by atoms with van der Waals surface area (Å²) in [5, 5.41) is 0. The van der Waals surface area contributed by atoms with Crippen molar-refractivity contribution >= 4 is 34.5 Å². The van der Waals surface area contributed by atoms with Gasteiger partial charge in [-0.2, -0.15) is 0 Å². The van der Waals surface area contributed by atoms with Gasteiger partial charge in [0.05, 0.1) is 0 Å². The van der Waals surface area contributed by atoms with Crippen LogP contribution >= 0.6 is 0 Å². The van der Waals surface area contributed by atoms with Crippen molar-refractivity contribution < 1.29 is 12.3 Å². The molecule has 0 aromatic heterocycles. The number of hydrogen-bond acceptors (Lipinski definition) is 3. The SMILES string of the molecule is CCC[SiH](C)O[Si](C)(C)O[Si](C)(C)O[Si](C)(C)C. The van der Waals surface area contributed by atoms with Gasteiger partial charge in [0.25, 0.3) is 0 Å². The van der Waals surface area contributed by atoms with Gasteiger partial charge < -0.3 is 12.3 Å². The van der Waals surface area contributed by atoms with E-state index in [1.807, 2.05) is 0 Å². The van der Waals surface area contributed by atoms with Gasteiger partial charge in [-0.3, -0.25) is 0 Å². The van der Waals surface area contributed by atoms with Crippen LogP contribution in [0.3, 0.4) is 0 Å². The normalized spacial score (nSPS) is 15.8. The molecular weight excluding hydrogens is 292 g/mol. The van der Waals surface area contributed by atoms with Crippen molar-refractivity contribution in [2.24, 2.45) is 0 Å². The van der Waals surface area contributed by atoms with E-state index in [1.54, 1.807) is 0 Å². The molecule has 0 saturated heterocycles. The average molecular weight is 325 g/mol. The lowest BCUT2D eigenvalue weighted by Gasteiger charge is -2.38. The Balaban J connectivity index is 4.45. The van der Waals surface area contributed by atoms with Gasteiger partial charge in [-0.25, -0.2) is 0 Å². The minimum absolute atomic E-state index is 1.05. The van der Waals surface area contributed by atoms with E-state index in [0.717, 1.165) is 0 Å². The van der Waals surface area contributed by atoms with E-state index in [4.69, 9.17) is 12.3 Å². The molecule has 0 aliphatic rings. The largest absolute Gasteiger partial charge is 0.439 e. The Morgan fingerprint density at radius 3 is 1.72 bits per heavy atom. The molecule has 0 rings (SSSR count). The van der Waals surface area contributed by atoms with Gasteiger partial charge in [-0.15, -0.1) is 0 Å². The highest BCUT2D eigenvalue weighted by Crippen LogP contribution is 2.22. The summed E-state index contributed by atoms with van der Waals surface area (Å²) in [6.07, 6.45) is 1.21. The topological polar surface area (TPSA) is 27.7 Å². The molecule has 0 aromatic carbocycles. The summed E-state index contributed by atoms with van der Waals surface area (Å²) in [5.41, 5.74) is 0. The van der Waals surface area contributed by atoms with Crippen LogP contribution in [0.15, 0.2) is 0 Å². The molecular formula is C11H32O3Si4. The van der Waals surface area contributed by atoms with Crippen molar-refractivity contribution in [3.05, 3.63) is 0 Å². The van der Waals surface area contributed by atoms with Crippen LogP contribution in [0, 0.1) is 0 Å². The van der Waals surface area contributed by atoms with Gasteiger partial charge in [0.15, 0.2) is 17.4 Å². The Kier molecular flexibility index (Phi) is 7.25.